The van der Waals surface area contributed by atoms with E-state index in [4.69, 9.17) is 0 Å². The summed E-state index contributed by atoms with van der Waals surface area (Å²) >= 11 is 5.62. The molecule has 3 heteroatoms. The standard InChI is InChI=1S/C19H27BrOS/c1-12-9-10-14-17(21)19(22-4,16(12)18(14,2)3)11-13-7-5-6-8-15(13)20/h9,14,16H,5-8,10-11H2,1-4H3. The molecule has 3 aliphatic carbocycles. The van der Waals surface area contributed by atoms with E-state index < -0.39 is 0 Å². The van der Waals surface area contributed by atoms with Crippen molar-refractivity contribution in [3.8, 4) is 0 Å². The van der Waals surface area contributed by atoms with E-state index in [0.29, 0.717) is 11.7 Å². The summed E-state index contributed by atoms with van der Waals surface area (Å²) in [5, 5.41) is 0. The Balaban J connectivity index is 2.05. The van der Waals surface area contributed by atoms with Gasteiger partial charge < -0.3 is 0 Å². The first-order valence-corrected chi connectivity index (χ1v) is 10.5. The number of carbonyl (C=O) groups is 1. The summed E-state index contributed by atoms with van der Waals surface area (Å²) < 4.78 is 1.14. The molecule has 3 rings (SSSR count). The minimum absolute atomic E-state index is 0.0978. The van der Waals surface area contributed by atoms with Crippen LogP contribution >= 0.6 is 27.7 Å². The maximum Gasteiger partial charge on any atom is 0.153 e. The van der Waals surface area contributed by atoms with E-state index in [1.54, 1.807) is 0 Å². The van der Waals surface area contributed by atoms with Gasteiger partial charge in [-0.25, -0.2) is 0 Å². The third kappa shape index (κ3) is 2.30. The number of hydrogen-bond donors (Lipinski definition) is 0. The molecule has 1 nitrogen and oxygen atoms in total. The maximum atomic E-state index is 13.4. The largest absolute Gasteiger partial charge is 0.298 e. The molecule has 0 aliphatic heterocycles. The normalized spacial score (nSPS) is 37.5. The van der Waals surface area contributed by atoms with Gasteiger partial charge in [-0.3, -0.25) is 4.79 Å². The van der Waals surface area contributed by atoms with Crippen LogP contribution in [0.1, 0.15) is 59.3 Å². The quantitative estimate of drug-likeness (QED) is 0.565. The van der Waals surface area contributed by atoms with Gasteiger partial charge in [-0.1, -0.05) is 47.0 Å². The molecule has 3 atom stereocenters. The Bertz CT molecular complexity index is 560. The fourth-order valence-electron chi connectivity index (χ4n) is 5.28. The second-order valence-electron chi connectivity index (χ2n) is 7.84. The molecule has 122 valence electrons. The lowest BCUT2D eigenvalue weighted by Crippen LogP contribution is -2.40. The number of hydrogen-bond acceptors (Lipinski definition) is 2. The van der Waals surface area contributed by atoms with Crippen LogP contribution in [0.4, 0.5) is 0 Å². The minimum atomic E-state index is -0.239. The van der Waals surface area contributed by atoms with Gasteiger partial charge in [-0.15, -0.1) is 11.8 Å². The first-order chi connectivity index (χ1) is 10.3. The second-order valence-corrected chi connectivity index (χ2v) is 9.93. The molecule has 1 fully saturated rings. The van der Waals surface area contributed by atoms with Gasteiger partial charge in [0.05, 0.1) is 4.75 Å². The minimum Gasteiger partial charge on any atom is -0.298 e. The highest BCUT2D eigenvalue weighted by atomic mass is 79.9. The van der Waals surface area contributed by atoms with Crippen LogP contribution in [0.2, 0.25) is 0 Å². The Kier molecular flexibility index (Phi) is 4.44. The van der Waals surface area contributed by atoms with E-state index in [1.807, 2.05) is 11.8 Å². The fraction of sp³-hybridized carbons (Fsp3) is 0.737. The number of ketones is 1. The van der Waals surface area contributed by atoms with Crippen molar-refractivity contribution in [3.63, 3.8) is 0 Å². The SMILES string of the molecule is CSC1(CC2=C(Br)CCCC2)C(=O)C2CC=C(C)C1C2(C)C. The van der Waals surface area contributed by atoms with Crippen LogP contribution in [0.25, 0.3) is 0 Å². The molecule has 3 aliphatic rings. The second kappa shape index (κ2) is 5.81. The van der Waals surface area contributed by atoms with Crippen molar-refractivity contribution in [1.82, 2.24) is 0 Å². The maximum absolute atomic E-state index is 13.4. The Hall–Kier alpha value is -0.0200. The van der Waals surface area contributed by atoms with Crippen molar-refractivity contribution >= 4 is 33.5 Å². The monoisotopic (exact) mass is 382 g/mol. The van der Waals surface area contributed by atoms with Gasteiger partial charge in [-0.05, 0) is 61.6 Å². The molecule has 3 unspecified atom stereocenters. The van der Waals surface area contributed by atoms with Crippen LogP contribution < -0.4 is 0 Å². The molecule has 0 spiro atoms. The predicted octanol–water partition coefficient (Wildman–Crippen LogP) is 5.89. The predicted molar refractivity (Wildman–Crippen MR) is 99.4 cm³/mol. The molecule has 0 heterocycles. The van der Waals surface area contributed by atoms with Gasteiger partial charge >= 0.3 is 0 Å². The molecular weight excluding hydrogens is 356 g/mol. The van der Waals surface area contributed by atoms with E-state index in [0.717, 1.165) is 25.7 Å². The Labute approximate surface area is 147 Å². The Morgan fingerprint density at radius 1 is 1.32 bits per heavy atom. The van der Waals surface area contributed by atoms with Crippen molar-refractivity contribution in [1.29, 1.82) is 0 Å². The van der Waals surface area contributed by atoms with Crippen LogP contribution in [-0.4, -0.2) is 16.8 Å². The molecule has 1 saturated carbocycles. The number of fused-ring (bicyclic) bond motifs is 2. The van der Waals surface area contributed by atoms with Gasteiger partial charge in [0.1, 0.15) is 0 Å². The molecule has 0 amide bonds. The van der Waals surface area contributed by atoms with Gasteiger partial charge in [0.2, 0.25) is 0 Å². The summed E-state index contributed by atoms with van der Waals surface area (Å²) in [5.74, 6) is 1.11. The van der Waals surface area contributed by atoms with Crippen molar-refractivity contribution in [3.05, 3.63) is 21.7 Å². The molecule has 0 saturated heterocycles. The first-order valence-electron chi connectivity index (χ1n) is 8.47. The number of Topliss-reactive ketones (excluding diaryl/α,β-unsaturated/α-hetero) is 1. The van der Waals surface area contributed by atoms with Gasteiger partial charge in [0.25, 0.3) is 0 Å². The Morgan fingerprint density at radius 3 is 2.64 bits per heavy atom. The first kappa shape index (κ1) is 16.8. The average molecular weight is 383 g/mol. The summed E-state index contributed by atoms with van der Waals surface area (Å²) in [5.41, 5.74) is 3.04. The number of allylic oxidation sites excluding steroid dienone is 4. The average Bonchev–Trinajstić information content (AvgIpc) is 2.55. The van der Waals surface area contributed by atoms with Gasteiger partial charge in [0, 0.05) is 11.8 Å². The van der Waals surface area contributed by atoms with Gasteiger partial charge in [-0.2, -0.15) is 0 Å². The lowest BCUT2D eigenvalue weighted by Gasteiger charge is -2.42. The molecule has 0 aromatic heterocycles. The summed E-state index contributed by atoms with van der Waals surface area (Å²) in [7, 11) is 0. The third-order valence-corrected chi connectivity index (χ3v) is 8.59. The number of thioether (sulfide) groups is 1. The van der Waals surface area contributed by atoms with Crippen molar-refractivity contribution in [2.75, 3.05) is 6.26 Å². The molecule has 22 heavy (non-hydrogen) atoms. The van der Waals surface area contributed by atoms with E-state index in [9.17, 15) is 4.79 Å². The van der Waals surface area contributed by atoms with Crippen LogP contribution in [0.3, 0.4) is 0 Å². The fourth-order valence-corrected chi connectivity index (χ4v) is 7.28. The van der Waals surface area contributed by atoms with Crippen LogP contribution in [-0.2, 0) is 4.79 Å². The van der Waals surface area contributed by atoms with Crippen molar-refractivity contribution in [2.45, 2.75) is 64.0 Å². The number of halogens is 1. The zero-order valence-corrected chi connectivity index (χ0v) is 16.6. The highest BCUT2D eigenvalue weighted by Gasteiger charge is 2.64. The Morgan fingerprint density at radius 2 is 2.00 bits per heavy atom. The highest BCUT2D eigenvalue weighted by molar-refractivity contribution is 9.11. The highest BCUT2D eigenvalue weighted by Crippen LogP contribution is 2.63. The lowest BCUT2D eigenvalue weighted by molar-refractivity contribution is -0.123. The molecule has 0 radical (unpaired) electrons. The zero-order chi connectivity index (χ0) is 16.1. The van der Waals surface area contributed by atoms with Gasteiger partial charge in [0.15, 0.2) is 5.78 Å². The summed E-state index contributed by atoms with van der Waals surface area (Å²) in [4.78, 5) is 13.4. The summed E-state index contributed by atoms with van der Waals surface area (Å²) in [6.07, 6.45) is 11.2. The zero-order valence-electron chi connectivity index (χ0n) is 14.2. The molecule has 2 bridgehead atoms. The smallest absolute Gasteiger partial charge is 0.153 e. The van der Waals surface area contributed by atoms with Crippen molar-refractivity contribution < 1.29 is 4.79 Å². The summed E-state index contributed by atoms with van der Waals surface area (Å²) in [6.45, 7) is 6.88. The topological polar surface area (TPSA) is 17.1 Å². The molecule has 0 N–H and O–H groups in total. The van der Waals surface area contributed by atoms with E-state index in [-0.39, 0.29) is 16.1 Å². The van der Waals surface area contributed by atoms with E-state index in [2.05, 4.69) is 49.0 Å². The molecule has 0 aromatic carbocycles. The number of rotatable bonds is 3. The van der Waals surface area contributed by atoms with Crippen LogP contribution in [0.15, 0.2) is 21.7 Å². The lowest BCUT2D eigenvalue weighted by atomic mass is 9.66. The van der Waals surface area contributed by atoms with Crippen LogP contribution in [0.5, 0.6) is 0 Å². The third-order valence-electron chi connectivity index (χ3n) is 6.32. The molecular formula is C19H27BrOS. The van der Waals surface area contributed by atoms with E-state index >= 15 is 0 Å². The summed E-state index contributed by atoms with van der Waals surface area (Å²) in [6, 6.07) is 0. The van der Waals surface area contributed by atoms with E-state index in [1.165, 1.54) is 28.5 Å². The number of carbonyl (C=O) groups excluding carboxylic acids is 1. The van der Waals surface area contributed by atoms with Crippen LogP contribution in [0, 0.1) is 17.3 Å². The van der Waals surface area contributed by atoms with Crippen molar-refractivity contribution in [2.24, 2.45) is 17.3 Å². The molecule has 0 aromatic rings.